The highest BCUT2D eigenvalue weighted by molar-refractivity contribution is 5.84. The molecule has 0 fully saturated rings. The highest BCUT2D eigenvalue weighted by atomic mass is 15.6. The first-order valence-electron chi connectivity index (χ1n) is 3.68. The van der Waals surface area contributed by atoms with Crippen molar-refractivity contribution in [2.45, 2.75) is 19.9 Å². The summed E-state index contributed by atoms with van der Waals surface area (Å²) in [6.45, 7) is 4.82. The largest absolute Gasteiger partial charge is 0.283 e. The minimum absolute atomic E-state index is 0.382. The molecule has 1 atom stereocenters. The number of hydrazine groups is 1. The molecule has 0 aromatic rings. The quantitative estimate of drug-likeness (QED) is 0.533. The van der Waals surface area contributed by atoms with Crippen molar-refractivity contribution in [2.24, 2.45) is 9.98 Å². The van der Waals surface area contributed by atoms with Gasteiger partial charge in [0.1, 0.15) is 5.84 Å². The van der Waals surface area contributed by atoms with E-state index in [1.54, 1.807) is 0 Å². The van der Waals surface area contributed by atoms with Gasteiger partial charge in [-0.1, -0.05) is 0 Å². The van der Waals surface area contributed by atoms with Crippen LogP contribution in [0.25, 0.3) is 0 Å². The summed E-state index contributed by atoms with van der Waals surface area (Å²) in [5, 5.41) is 1.99. The number of aliphatic imine (C=N–C) groups is 2. The molecule has 2 aliphatic rings. The Hall–Kier alpha value is -1.28. The Labute approximate surface area is 65.3 Å². The number of fused-ring (bicyclic) bond motifs is 1. The van der Waals surface area contributed by atoms with Crippen molar-refractivity contribution in [3.05, 3.63) is 5.82 Å². The van der Waals surface area contributed by atoms with Crippen LogP contribution < -0.4 is 5.43 Å². The lowest BCUT2D eigenvalue weighted by Gasteiger charge is -2.25. The van der Waals surface area contributed by atoms with Crippen molar-refractivity contribution in [1.29, 1.82) is 0 Å². The number of rotatable bonds is 0. The van der Waals surface area contributed by atoms with E-state index in [4.69, 9.17) is 0 Å². The van der Waals surface area contributed by atoms with Crippen LogP contribution >= 0.6 is 0 Å². The number of hydrogen-bond acceptors (Lipinski definition) is 4. The predicted molar refractivity (Wildman–Crippen MR) is 43.4 cm³/mol. The van der Waals surface area contributed by atoms with E-state index in [2.05, 4.69) is 28.2 Å². The summed E-state index contributed by atoms with van der Waals surface area (Å²) in [7, 11) is 0. The fraction of sp³-hybridized carbons (Fsp3) is 0.571. The Kier molecular flexibility index (Phi) is 1.23. The number of nitrogens with one attached hydrogen (secondary N) is 1. The molecule has 0 spiro atoms. The Morgan fingerprint density at radius 1 is 1.73 bits per heavy atom. The molecule has 4 nitrogen and oxygen atoms in total. The van der Waals surface area contributed by atoms with Gasteiger partial charge in [-0.3, -0.25) is 10.4 Å². The first-order valence-corrected chi connectivity index (χ1v) is 3.68. The molecule has 11 heavy (non-hydrogen) atoms. The zero-order valence-electron chi connectivity index (χ0n) is 6.63. The molecule has 0 radical (unpaired) electrons. The summed E-state index contributed by atoms with van der Waals surface area (Å²) in [5.74, 6) is 4.58. The lowest BCUT2D eigenvalue weighted by Crippen LogP contribution is -2.43. The topological polar surface area (TPSA) is 40.0 Å². The minimum Gasteiger partial charge on any atom is -0.283 e. The van der Waals surface area contributed by atoms with Gasteiger partial charge in [0.05, 0.1) is 12.6 Å². The number of amidine groups is 1. The van der Waals surface area contributed by atoms with E-state index < -0.39 is 0 Å². The van der Waals surface area contributed by atoms with Crippen LogP contribution in [0.4, 0.5) is 0 Å². The van der Waals surface area contributed by atoms with E-state index in [0.29, 0.717) is 6.04 Å². The molecule has 2 heterocycles. The summed E-state index contributed by atoms with van der Waals surface area (Å²) in [6, 6.07) is 0.382. The molecule has 0 saturated heterocycles. The SMILES string of the molecule is CC1=NC2=C=NCC(C)N2N1. The van der Waals surface area contributed by atoms with Crippen LogP contribution in [0.1, 0.15) is 13.8 Å². The molecule has 0 aromatic carbocycles. The van der Waals surface area contributed by atoms with Gasteiger partial charge in [-0.05, 0) is 13.8 Å². The Bertz CT molecular complexity index is 272. The first kappa shape index (κ1) is 6.43. The van der Waals surface area contributed by atoms with Gasteiger partial charge in [-0.2, -0.15) is 0 Å². The summed E-state index contributed by atoms with van der Waals surface area (Å²) >= 11 is 0. The number of hydrogen-bond donors (Lipinski definition) is 1. The molecule has 1 unspecified atom stereocenters. The van der Waals surface area contributed by atoms with Gasteiger partial charge >= 0.3 is 0 Å². The lowest BCUT2D eigenvalue weighted by molar-refractivity contribution is 0.247. The van der Waals surface area contributed by atoms with Crippen LogP contribution in [0.2, 0.25) is 0 Å². The van der Waals surface area contributed by atoms with Crippen LogP contribution in [0.3, 0.4) is 0 Å². The predicted octanol–water partition coefficient (Wildman–Crippen LogP) is 0.138. The van der Waals surface area contributed by atoms with Crippen LogP contribution in [-0.4, -0.2) is 29.3 Å². The molecular weight excluding hydrogens is 140 g/mol. The standard InChI is InChI=1S/C7H10N4/c1-5-3-8-4-7-9-6(2)10-11(5)7/h5H,3H2,1-2H3,(H,9,10). The van der Waals surface area contributed by atoms with Gasteiger partial charge in [-0.15, -0.1) is 0 Å². The van der Waals surface area contributed by atoms with Crippen LogP contribution in [0.15, 0.2) is 15.8 Å². The zero-order chi connectivity index (χ0) is 7.84. The summed E-state index contributed by atoms with van der Waals surface area (Å²) < 4.78 is 0. The van der Waals surface area contributed by atoms with Gasteiger partial charge < -0.3 is 0 Å². The minimum atomic E-state index is 0.382. The van der Waals surface area contributed by atoms with Crippen molar-refractivity contribution in [3.63, 3.8) is 0 Å². The third-order valence-electron chi connectivity index (χ3n) is 1.76. The molecule has 0 saturated carbocycles. The van der Waals surface area contributed by atoms with Crippen molar-refractivity contribution in [1.82, 2.24) is 10.4 Å². The first-order chi connectivity index (χ1) is 5.27. The van der Waals surface area contributed by atoms with Gasteiger partial charge in [-0.25, -0.2) is 9.98 Å². The zero-order valence-corrected chi connectivity index (χ0v) is 6.63. The molecule has 0 bridgehead atoms. The van der Waals surface area contributed by atoms with Crippen LogP contribution in [0.5, 0.6) is 0 Å². The second-order valence-electron chi connectivity index (χ2n) is 2.80. The molecule has 1 N–H and O–H groups in total. The van der Waals surface area contributed by atoms with Gasteiger partial charge in [0, 0.05) is 5.87 Å². The molecule has 2 aliphatic heterocycles. The normalized spacial score (nSPS) is 27.5. The second-order valence-corrected chi connectivity index (χ2v) is 2.80. The molecule has 0 aliphatic carbocycles. The Morgan fingerprint density at radius 2 is 2.55 bits per heavy atom. The summed E-state index contributed by atoms with van der Waals surface area (Å²) in [4.78, 5) is 8.26. The molecule has 4 heteroatoms. The lowest BCUT2D eigenvalue weighted by atomic mass is 10.3. The monoisotopic (exact) mass is 150 g/mol. The summed E-state index contributed by atoms with van der Waals surface area (Å²) in [6.07, 6.45) is 0. The van der Waals surface area contributed by atoms with E-state index in [1.165, 1.54) is 0 Å². The van der Waals surface area contributed by atoms with Gasteiger partial charge in [0.15, 0.2) is 0 Å². The van der Waals surface area contributed by atoms with Crippen LogP contribution in [0, 0.1) is 0 Å². The maximum atomic E-state index is 4.20. The maximum Gasteiger partial charge on any atom is 0.213 e. The van der Waals surface area contributed by atoms with E-state index in [1.807, 2.05) is 11.9 Å². The van der Waals surface area contributed by atoms with Gasteiger partial charge in [0.25, 0.3) is 0 Å². The average molecular weight is 150 g/mol. The molecular formula is C7H10N4. The third-order valence-corrected chi connectivity index (χ3v) is 1.76. The fourth-order valence-corrected chi connectivity index (χ4v) is 1.19. The Morgan fingerprint density at radius 3 is 3.27 bits per heavy atom. The molecule has 58 valence electrons. The van der Waals surface area contributed by atoms with E-state index in [9.17, 15) is 0 Å². The van der Waals surface area contributed by atoms with Crippen LogP contribution in [-0.2, 0) is 0 Å². The number of nitrogens with zero attached hydrogens (tertiary/aromatic N) is 3. The smallest absolute Gasteiger partial charge is 0.213 e. The average Bonchev–Trinajstić information content (AvgIpc) is 2.31. The highest BCUT2D eigenvalue weighted by Crippen LogP contribution is 2.13. The molecule has 0 amide bonds. The van der Waals surface area contributed by atoms with Crippen molar-refractivity contribution in [2.75, 3.05) is 6.54 Å². The third kappa shape index (κ3) is 0.917. The van der Waals surface area contributed by atoms with Crippen molar-refractivity contribution in [3.8, 4) is 0 Å². The fourth-order valence-electron chi connectivity index (χ4n) is 1.19. The van der Waals surface area contributed by atoms with Crippen molar-refractivity contribution >= 4 is 11.7 Å². The second kappa shape index (κ2) is 2.10. The van der Waals surface area contributed by atoms with E-state index in [-0.39, 0.29) is 0 Å². The molecule has 0 aromatic heterocycles. The van der Waals surface area contributed by atoms with E-state index >= 15 is 0 Å². The van der Waals surface area contributed by atoms with Gasteiger partial charge in [0.2, 0.25) is 5.82 Å². The Balaban J connectivity index is 2.36. The maximum absolute atomic E-state index is 4.20. The van der Waals surface area contributed by atoms with E-state index in [0.717, 1.165) is 18.2 Å². The molecule has 2 rings (SSSR count). The highest BCUT2D eigenvalue weighted by Gasteiger charge is 2.24. The summed E-state index contributed by atoms with van der Waals surface area (Å²) in [5.41, 5.74) is 3.13. The van der Waals surface area contributed by atoms with Crippen molar-refractivity contribution < 1.29 is 0 Å².